The molecule has 0 aromatic carbocycles. The van der Waals surface area contributed by atoms with Crippen molar-refractivity contribution in [1.29, 1.82) is 0 Å². The standard InChI is InChI=1S/C16H27N3/c1-5-17-9-15-6-7-16(18-10-15)19-11-12(2)8-13(3)14(19)4/h6-7,10,12-14,17H,5,8-9,11H2,1-4H3. The van der Waals surface area contributed by atoms with Gasteiger partial charge in [0.25, 0.3) is 0 Å². The minimum atomic E-state index is 0.586. The summed E-state index contributed by atoms with van der Waals surface area (Å²) in [4.78, 5) is 7.13. The Bertz CT molecular complexity index is 387. The summed E-state index contributed by atoms with van der Waals surface area (Å²) in [6, 6.07) is 4.96. The van der Waals surface area contributed by atoms with E-state index >= 15 is 0 Å². The van der Waals surface area contributed by atoms with Crippen LogP contribution in [0.4, 0.5) is 5.82 Å². The second-order valence-corrected chi connectivity index (χ2v) is 6.02. The third-order valence-corrected chi connectivity index (χ3v) is 4.28. The van der Waals surface area contributed by atoms with E-state index in [2.05, 4.69) is 55.0 Å². The minimum Gasteiger partial charge on any atom is -0.353 e. The van der Waals surface area contributed by atoms with Crippen LogP contribution in [0.15, 0.2) is 18.3 Å². The van der Waals surface area contributed by atoms with Gasteiger partial charge in [-0.15, -0.1) is 0 Å². The molecular formula is C16H27N3. The van der Waals surface area contributed by atoms with Crippen LogP contribution in [0.2, 0.25) is 0 Å². The number of hydrogen-bond donors (Lipinski definition) is 1. The third kappa shape index (κ3) is 3.47. The lowest BCUT2D eigenvalue weighted by Crippen LogP contribution is -2.46. The van der Waals surface area contributed by atoms with Crippen LogP contribution >= 0.6 is 0 Å². The zero-order valence-electron chi connectivity index (χ0n) is 12.7. The predicted octanol–water partition coefficient (Wildman–Crippen LogP) is 3.06. The van der Waals surface area contributed by atoms with Crippen molar-refractivity contribution in [2.24, 2.45) is 11.8 Å². The maximum Gasteiger partial charge on any atom is 0.128 e. The maximum atomic E-state index is 4.66. The van der Waals surface area contributed by atoms with Gasteiger partial charge in [-0.2, -0.15) is 0 Å². The van der Waals surface area contributed by atoms with Crippen LogP contribution in [-0.4, -0.2) is 24.1 Å². The van der Waals surface area contributed by atoms with Gasteiger partial charge in [0.1, 0.15) is 5.82 Å². The van der Waals surface area contributed by atoms with Crippen molar-refractivity contribution in [3.8, 4) is 0 Å². The van der Waals surface area contributed by atoms with E-state index in [1.807, 2.05) is 6.20 Å². The van der Waals surface area contributed by atoms with E-state index in [1.54, 1.807) is 0 Å². The van der Waals surface area contributed by atoms with Crippen molar-refractivity contribution >= 4 is 5.82 Å². The first kappa shape index (κ1) is 14.3. The molecule has 1 fully saturated rings. The topological polar surface area (TPSA) is 28.2 Å². The highest BCUT2D eigenvalue weighted by molar-refractivity contribution is 5.41. The second kappa shape index (κ2) is 6.38. The molecule has 3 unspecified atom stereocenters. The fourth-order valence-corrected chi connectivity index (χ4v) is 2.98. The quantitative estimate of drug-likeness (QED) is 0.903. The van der Waals surface area contributed by atoms with Gasteiger partial charge in [-0.3, -0.25) is 0 Å². The lowest BCUT2D eigenvalue weighted by atomic mass is 9.86. The summed E-state index contributed by atoms with van der Waals surface area (Å²) < 4.78 is 0. The van der Waals surface area contributed by atoms with E-state index in [4.69, 9.17) is 0 Å². The second-order valence-electron chi connectivity index (χ2n) is 6.02. The van der Waals surface area contributed by atoms with E-state index in [-0.39, 0.29) is 0 Å². The van der Waals surface area contributed by atoms with Gasteiger partial charge in [-0.1, -0.05) is 26.8 Å². The Balaban J connectivity index is 2.08. The van der Waals surface area contributed by atoms with Crippen molar-refractivity contribution in [3.63, 3.8) is 0 Å². The Hall–Kier alpha value is -1.09. The molecule has 3 heteroatoms. The van der Waals surface area contributed by atoms with Crippen molar-refractivity contribution in [3.05, 3.63) is 23.9 Å². The molecule has 1 saturated heterocycles. The van der Waals surface area contributed by atoms with E-state index in [0.29, 0.717) is 6.04 Å². The molecule has 19 heavy (non-hydrogen) atoms. The summed E-state index contributed by atoms with van der Waals surface area (Å²) in [5, 5.41) is 3.33. The largest absolute Gasteiger partial charge is 0.353 e. The Labute approximate surface area is 117 Å². The molecule has 106 valence electrons. The van der Waals surface area contributed by atoms with E-state index in [9.17, 15) is 0 Å². The van der Waals surface area contributed by atoms with Crippen LogP contribution < -0.4 is 10.2 Å². The number of rotatable bonds is 4. The van der Waals surface area contributed by atoms with Gasteiger partial charge in [0, 0.05) is 25.3 Å². The first-order valence-corrected chi connectivity index (χ1v) is 7.54. The van der Waals surface area contributed by atoms with Gasteiger partial charge < -0.3 is 10.2 Å². The molecule has 3 nitrogen and oxygen atoms in total. The lowest BCUT2D eigenvalue weighted by molar-refractivity contribution is 0.295. The molecule has 0 radical (unpaired) electrons. The third-order valence-electron chi connectivity index (χ3n) is 4.28. The molecule has 2 rings (SSSR count). The van der Waals surface area contributed by atoms with E-state index < -0.39 is 0 Å². The molecule has 2 heterocycles. The maximum absolute atomic E-state index is 4.66. The zero-order valence-corrected chi connectivity index (χ0v) is 12.7. The number of nitrogens with one attached hydrogen (secondary N) is 1. The van der Waals surface area contributed by atoms with Crippen LogP contribution in [-0.2, 0) is 6.54 Å². The molecule has 0 spiro atoms. The fraction of sp³-hybridized carbons (Fsp3) is 0.688. The number of aromatic nitrogens is 1. The minimum absolute atomic E-state index is 0.586. The summed E-state index contributed by atoms with van der Waals surface area (Å²) >= 11 is 0. The van der Waals surface area contributed by atoms with Crippen LogP contribution in [0.3, 0.4) is 0 Å². The Morgan fingerprint density at radius 1 is 1.32 bits per heavy atom. The van der Waals surface area contributed by atoms with Gasteiger partial charge in [0.2, 0.25) is 0 Å². The monoisotopic (exact) mass is 261 g/mol. The highest BCUT2D eigenvalue weighted by atomic mass is 15.2. The van der Waals surface area contributed by atoms with E-state index in [1.165, 1.54) is 12.0 Å². The molecule has 0 bridgehead atoms. The fourth-order valence-electron chi connectivity index (χ4n) is 2.98. The average Bonchev–Trinajstić information content (AvgIpc) is 2.41. The summed E-state index contributed by atoms with van der Waals surface area (Å²) in [5.74, 6) is 2.63. The molecule has 0 aliphatic carbocycles. The van der Waals surface area contributed by atoms with Gasteiger partial charge in [-0.25, -0.2) is 4.98 Å². The van der Waals surface area contributed by atoms with Gasteiger partial charge in [-0.05, 0) is 43.4 Å². The summed E-state index contributed by atoms with van der Waals surface area (Å²) in [5.41, 5.74) is 1.26. The number of hydrogen-bond acceptors (Lipinski definition) is 3. The average molecular weight is 261 g/mol. The molecule has 0 amide bonds. The highest BCUT2D eigenvalue weighted by Gasteiger charge is 2.29. The zero-order chi connectivity index (χ0) is 13.8. The first-order chi connectivity index (χ1) is 9.11. The van der Waals surface area contributed by atoms with Crippen LogP contribution in [0, 0.1) is 11.8 Å². The molecule has 1 aliphatic rings. The molecule has 1 N–H and O–H groups in total. The molecular weight excluding hydrogens is 234 g/mol. The Morgan fingerprint density at radius 3 is 2.74 bits per heavy atom. The number of pyridine rings is 1. The number of nitrogens with zero attached hydrogens (tertiary/aromatic N) is 2. The van der Waals surface area contributed by atoms with Gasteiger partial charge >= 0.3 is 0 Å². The Morgan fingerprint density at radius 2 is 2.11 bits per heavy atom. The molecule has 0 saturated carbocycles. The van der Waals surface area contributed by atoms with Crippen molar-refractivity contribution in [1.82, 2.24) is 10.3 Å². The highest BCUT2D eigenvalue weighted by Crippen LogP contribution is 2.30. The Kier molecular flexibility index (Phi) is 4.81. The number of piperidine rings is 1. The van der Waals surface area contributed by atoms with Crippen LogP contribution in [0.1, 0.15) is 39.7 Å². The molecule has 1 aromatic rings. The molecule has 1 aliphatic heterocycles. The van der Waals surface area contributed by atoms with Crippen molar-refractivity contribution < 1.29 is 0 Å². The van der Waals surface area contributed by atoms with Crippen LogP contribution in [0.5, 0.6) is 0 Å². The van der Waals surface area contributed by atoms with Gasteiger partial charge in [0.05, 0.1) is 0 Å². The normalized spacial score (nSPS) is 27.6. The van der Waals surface area contributed by atoms with E-state index in [0.717, 1.165) is 37.3 Å². The lowest BCUT2D eigenvalue weighted by Gasteiger charge is -2.41. The first-order valence-electron chi connectivity index (χ1n) is 7.54. The predicted molar refractivity (Wildman–Crippen MR) is 81.4 cm³/mol. The molecule has 1 aromatic heterocycles. The summed E-state index contributed by atoms with van der Waals surface area (Å²) in [6.07, 6.45) is 3.34. The van der Waals surface area contributed by atoms with Crippen molar-refractivity contribution in [2.75, 3.05) is 18.0 Å². The van der Waals surface area contributed by atoms with Gasteiger partial charge in [0.15, 0.2) is 0 Å². The molecule has 3 atom stereocenters. The summed E-state index contributed by atoms with van der Waals surface area (Å²) in [6.45, 7) is 12.2. The van der Waals surface area contributed by atoms with Crippen molar-refractivity contribution in [2.45, 2.75) is 46.7 Å². The SMILES string of the molecule is CCNCc1ccc(N2CC(C)CC(C)C2C)nc1. The number of anilines is 1. The smallest absolute Gasteiger partial charge is 0.128 e. The van der Waals surface area contributed by atoms with Crippen LogP contribution in [0.25, 0.3) is 0 Å². The summed E-state index contributed by atoms with van der Waals surface area (Å²) in [7, 11) is 0.